The minimum atomic E-state index is -4.13. The summed E-state index contributed by atoms with van der Waals surface area (Å²) in [6.45, 7) is 0. The van der Waals surface area contributed by atoms with Crippen LogP contribution in [0.1, 0.15) is 11.1 Å². The van der Waals surface area contributed by atoms with Gasteiger partial charge in [-0.25, -0.2) is 16.8 Å². The van der Waals surface area contributed by atoms with E-state index in [1.54, 1.807) is 60.7 Å². The molecule has 0 radical (unpaired) electrons. The fraction of sp³-hybridized carbons (Fsp3) is 0.143. The normalized spacial score (nSPS) is 10.9. The van der Waals surface area contributed by atoms with E-state index in [4.69, 9.17) is 0 Å². The zero-order valence-electron chi connectivity index (χ0n) is 11.8. The number of benzene rings is 2. The van der Waals surface area contributed by atoms with Crippen LogP contribution in [0.3, 0.4) is 0 Å². The van der Waals surface area contributed by atoms with Crippen molar-refractivity contribution in [3.63, 3.8) is 0 Å². The van der Waals surface area contributed by atoms with Gasteiger partial charge in [0.15, 0.2) is 0 Å². The quantitative estimate of drug-likeness (QED) is 0.566. The largest absolute Gasteiger partial charge is 2.00 e. The molecule has 6 nitrogen and oxygen atoms in total. The van der Waals surface area contributed by atoms with Gasteiger partial charge in [-0.05, 0) is 11.1 Å². The van der Waals surface area contributed by atoms with Gasteiger partial charge in [-0.3, -0.25) is 0 Å². The van der Waals surface area contributed by atoms with Crippen molar-refractivity contribution in [3.8, 4) is 0 Å². The van der Waals surface area contributed by atoms with Crippen molar-refractivity contribution in [2.45, 2.75) is 11.5 Å². The van der Waals surface area contributed by atoms with Crippen molar-refractivity contribution in [1.82, 2.24) is 0 Å². The molecule has 0 spiro atoms. The molecule has 0 heterocycles. The second-order valence-corrected chi connectivity index (χ2v) is 7.18. The Bertz CT molecular complexity index is 705. The molecule has 0 aliphatic carbocycles. The van der Waals surface area contributed by atoms with Crippen LogP contribution in [0.5, 0.6) is 0 Å². The standard InChI is InChI=1S/2C7H8O3S.Ni/c2*8-11(9,10)6-7-4-2-1-3-5-7;/h2*1-5H,6H2,(H,8,9,10);/q;;+2/p-2. The van der Waals surface area contributed by atoms with Crippen molar-refractivity contribution in [1.29, 1.82) is 0 Å². The Morgan fingerprint density at radius 3 is 1.09 bits per heavy atom. The van der Waals surface area contributed by atoms with Crippen LogP contribution >= 0.6 is 0 Å². The summed E-state index contributed by atoms with van der Waals surface area (Å²) in [5.74, 6) is -0.846. The number of rotatable bonds is 4. The van der Waals surface area contributed by atoms with E-state index in [2.05, 4.69) is 0 Å². The van der Waals surface area contributed by atoms with Crippen molar-refractivity contribution in [2.24, 2.45) is 0 Å². The second kappa shape index (κ2) is 9.79. The van der Waals surface area contributed by atoms with Crippen molar-refractivity contribution < 1.29 is 42.4 Å². The third kappa shape index (κ3) is 11.9. The first-order valence-corrected chi connectivity index (χ1v) is 9.26. The average molecular weight is 401 g/mol. The topological polar surface area (TPSA) is 114 Å². The molecule has 0 saturated heterocycles. The average Bonchev–Trinajstić information content (AvgIpc) is 2.38. The van der Waals surface area contributed by atoms with Gasteiger partial charge in [0.2, 0.25) is 0 Å². The fourth-order valence-electron chi connectivity index (χ4n) is 1.56. The van der Waals surface area contributed by atoms with Crippen LogP contribution in [-0.4, -0.2) is 25.9 Å². The van der Waals surface area contributed by atoms with Gasteiger partial charge in [0.05, 0.1) is 31.7 Å². The smallest absolute Gasteiger partial charge is 0.748 e. The van der Waals surface area contributed by atoms with E-state index in [0.29, 0.717) is 11.1 Å². The minimum Gasteiger partial charge on any atom is -0.748 e. The third-order valence-corrected chi connectivity index (χ3v) is 3.75. The maximum Gasteiger partial charge on any atom is 2.00 e. The maximum absolute atomic E-state index is 10.2. The van der Waals surface area contributed by atoms with E-state index in [1.165, 1.54) is 0 Å². The van der Waals surface area contributed by atoms with Crippen LogP contribution in [0.25, 0.3) is 0 Å². The van der Waals surface area contributed by atoms with Crippen LogP contribution in [0.4, 0.5) is 0 Å². The predicted molar refractivity (Wildman–Crippen MR) is 79.7 cm³/mol. The number of hydrogen-bond donors (Lipinski definition) is 0. The maximum atomic E-state index is 10.2. The van der Waals surface area contributed by atoms with E-state index < -0.39 is 31.7 Å². The first kappa shape index (κ1) is 21.8. The summed E-state index contributed by atoms with van der Waals surface area (Å²) < 4.78 is 61.5. The molecule has 23 heavy (non-hydrogen) atoms. The van der Waals surface area contributed by atoms with Gasteiger partial charge in [-0.2, -0.15) is 0 Å². The first-order valence-electron chi connectivity index (χ1n) is 6.11. The summed E-state index contributed by atoms with van der Waals surface area (Å²) in [5, 5.41) is 0. The van der Waals surface area contributed by atoms with Crippen LogP contribution < -0.4 is 0 Å². The molecular formula is C14H14NiO6S2. The van der Waals surface area contributed by atoms with E-state index in [9.17, 15) is 25.9 Å². The zero-order chi connectivity index (χ0) is 16.6. The third-order valence-electron chi connectivity index (χ3n) is 2.37. The second-order valence-electron chi connectivity index (χ2n) is 4.38. The van der Waals surface area contributed by atoms with Gasteiger partial charge in [0.1, 0.15) is 0 Å². The van der Waals surface area contributed by atoms with E-state index in [1.807, 2.05) is 0 Å². The van der Waals surface area contributed by atoms with Gasteiger partial charge >= 0.3 is 16.5 Å². The van der Waals surface area contributed by atoms with Crippen LogP contribution in [0.2, 0.25) is 0 Å². The predicted octanol–water partition coefficient (Wildman–Crippen LogP) is 1.46. The Balaban J connectivity index is 0.000000403. The van der Waals surface area contributed by atoms with Crippen LogP contribution in [-0.2, 0) is 48.2 Å². The SMILES string of the molecule is O=S(=O)([O-])Cc1ccccc1.O=S(=O)([O-])Cc1ccccc1.[Ni+2]. The minimum absolute atomic E-state index is 0. The Hall–Kier alpha value is -1.25. The molecule has 2 rings (SSSR count). The van der Waals surface area contributed by atoms with Crippen LogP contribution in [0, 0.1) is 0 Å². The summed E-state index contributed by atoms with van der Waals surface area (Å²) in [4.78, 5) is 0. The Morgan fingerprint density at radius 2 is 0.870 bits per heavy atom. The van der Waals surface area contributed by atoms with Gasteiger partial charge in [-0.1, -0.05) is 60.7 Å². The Kier molecular flexibility index (Phi) is 9.26. The molecule has 0 aliphatic rings. The Labute approximate surface area is 146 Å². The van der Waals surface area contributed by atoms with E-state index in [0.717, 1.165) is 0 Å². The van der Waals surface area contributed by atoms with Gasteiger partial charge in [0.25, 0.3) is 0 Å². The molecule has 9 heteroatoms. The molecule has 2 aromatic rings. The van der Waals surface area contributed by atoms with Crippen LogP contribution in [0.15, 0.2) is 60.7 Å². The summed E-state index contributed by atoms with van der Waals surface area (Å²) in [6.07, 6.45) is 0. The fourth-order valence-corrected chi connectivity index (χ4v) is 2.76. The number of hydrogen-bond acceptors (Lipinski definition) is 6. The van der Waals surface area contributed by atoms with Crippen molar-refractivity contribution in [2.75, 3.05) is 0 Å². The van der Waals surface area contributed by atoms with Crippen molar-refractivity contribution >= 4 is 20.2 Å². The van der Waals surface area contributed by atoms with E-state index >= 15 is 0 Å². The first-order chi connectivity index (χ1) is 10.2. The van der Waals surface area contributed by atoms with Gasteiger partial charge in [-0.15, -0.1) is 0 Å². The monoisotopic (exact) mass is 400 g/mol. The van der Waals surface area contributed by atoms with E-state index in [-0.39, 0.29) is 16.5 Å². The molecule has 0 unspecified atom stereocenters. The molecule has 0 atom stereocenters. The molecule has 0 amide bonds. The summed E-state index contributed by atoms with van der Waals surface area (Å²) in [6, 6.07) is 16.7. The molecule has 0 aliphatic heterocycles. The molecule has 0 aromatic heterocycles. The molecule has 2 aromatic carbocycles. The van der Waals surface area contributed by atoms with Gasteiger partial charge in [0, 0.05) is 0 Å². The van der Waals surface area contributed by atoms with Crippen molar-refractivity contribution in [3.05, 3.63) is 71.8 Å². The molecule has 128 valence electrons. The molecular weight excluding hydrogens is 387 g/mol. The molecule has 0 saturated carbocycles. The summed E-state index contributed by atoms with van der Waals surface area (Å²) in [7, 11) is -8.25. The summed E-state index contributed by atoms with van der Waals surface area (Å²) in [5.41, 5.74) is 1.06. The zero-order valence-corrected chi connectivity index (χ0v) is 14.4. The Morgan fingerprint density at radius 1 is 0.609 bits per heavy atom. The molecule has 0 N–H and O–H groups in total. The molecule has 0 fully saturated rings. The van der Waals surface area contributed by atoms with Gasteiger partial charge < -0.3 is 9.11 Å². The molecule has 0 bridgehead atoms. The summed E-state index contributed by atoms with van der Waals surface area (Å²) >= 11 is 0.